The summed E-state index contributed by atoms with van der Waals surface area (Å²) in [6, 6.07) is 5.66. The van der Waals surface area contributed by atoms with Gasteiger partial charge in [0.2, 0.25) is 5.95 Å². The lowest BCUT2D eigenvalue weighted by atomic mass is 10.2. The van der Waals surface area contributed by atoms with Crippen molar-refractivity contribution < 1.29 is 21.9 Å². The standard InChI is InChI=1S/C20H15BrF2N6O5S/c1-28-17-10(8-25-19(24)26-17)18(30)29(20(28)31)16-11(22)4-5-12(15(16)23)27-35(32,33)14-7-9(21)3-6-13(14)34-2/h3-8,27H,1-2H3,(H2,24,25,26). The molecule has 11 nitrogen and oxygen atoms in total. The first kappa shape index (κ1) is 24.3. The number of nitrogens with zero attached hydrogens (tertiary/aromatic N) is 4. The number of hydrogen-bond acceptors (Lipinski definition) is 8. The second-order valence-corrected chi connectivity index (χ2v) is 9.67. The number of aromatic nitrogens is 4. The van der Waals surface area contributed by atoms with Gasteiger partial charge in [-0.1, -0.05) is 15.9 Å². The average molecular weight is 569 g/mol. The monoisotopic (exact) mass is 568 g/mol. The van der Waals surface area contributed by atoms with Crippen LogP contribution in [0, 0.1) is 11.6 Å². The molecular formula is C20H15BrF2N6O5S. The Morgan fingerprint density at radius 1 is 1.17 bits per heavy atom. The lowest BCUT2D eigenvalue weighted by molar-refractivity contribution is 0.402. The maximum Gasteiger partial charge on any atom is 0.337 e. The van der Waals surface area contributed by atoms with Gasteiger partial charge in [-0.25, -0.2) is 31.5 Å². The summed E-state index contributed by atoms with van der Waals surface area (Å²) in [5.41, 5.74) is 1.27. The molecule has 0 spiro atoms. The molecule has 0 unspecified atom stereocenters. The molecule has 2 heterocycles. The highest BCUT2D eigenvalue weighted by molar-refractivity contribution is 9.10. The van der Waals surface area contributed by atoms with Gasteiger partial charge in [-0.15, -0.1) is 0 Å². The van der Waals surface area contributed by atoms with E-state index in [1.165, 1.54) is 32.4 Å². The molecule has 15 heteroatoms. The highest BCUT2D eigenvalue weighted by Crippen LogP contribution is 2.31. The van der Waals surface area contributed by atoms with Crippen LogP contribution in [0.4, 0.5) is 20.4 Å². The molecule has 0 amide bonds. The van der Waals surface area contributed by atoms with Gasteiger partial charge in [0.25, 0.3) is 15.6 Å². The zero-order valence-corrected chi connectivity index (χ0v) is 20.3. The number of benzene rings is 2. The minimum atomic E-state index is -4.45. The van der Waals surface area contributed by atoms with Gasteiger partial charge in [0.15, 0.2) is 17.3 Å². The number of anilines is 2. The molecule has 0 aliphatic heterocycles. The summed E-state index contributed by atoms with van der Waals surface area (Å²) in [6.07, 6.45) is 1.01. The SMILES string of the molecule is COc1ccc(Br)cc1S(=O)(=O)Nc1ccc(F)c(-n2c(=O)c3cnc(N)nc3n(C)c2=O)c1F. The van der Waals surface area contributed by atoms with Crippen LogP contribution in [0.1, 0.15) is 0 Å². The third kappa shape index (κ3) is 4.12. The third-order valence-electron chi connectivity index (χ3n) is 4.97. The smallest absolute Gasteiger partial charge is 0.337 e. The minimum absolute atomic E-state index is 0.0395. The number of nitrogens with two attached hydrogens (primary N) is 1. The Morgan fingerprint density at radius 3 is 2.57 bits per heavy atom. The van der Waals surface area contributed by atoms with Gasteiger partial charge < -0.3 is 10.5 Å². The van der Waals surface area contributed by atoms with Crippen molar-refractivity contribution >= 4 is 48.6 Å². The number of ether oxygens (including phenoxy) is 1. The van der Waals surface area contributed by atoms with Crippen LogP contribution < -0.4 is 26.4 Å². The van der Waals surface area contributed by atoms with Crippen LogP contribution in [0.3, 0.4) is 0 Å². The number of fused-ring (bicyclic) bond motifs is 1. The van der Waals surface area contributed by atoms with Gasteiger partial charge in [0.05, 0.1) is 12.8 Å². The second kappa shape index (κ2) is 8.74. The number of halogens is 3. The summed E-state index contributed by atoms with van der Waals surface area (Å²) in [5.74, 6) is -3.05. The predicted molar refractivity (Wildman–Crippen MR) is 126 cm³/mol. The fourth-order valence-electron chi connectivity index (χ4n) is 3.32. The summed E-state index contributed by atoms with van der Waals surface area (Å²) in [7, 11) is -1.99. The van der Waals surface area contributed by atoms with Crippen LogP contribution in [0.5, 0.6) is 5.75 Å². The molecule has 0 saturated carbocycles. The quantitative estimate of drug-likeness (QED) is 0.370. The van der Waals surface area contributed by atoms with Gasteiger partial charge in [0, 0.05) is 17.7 Å². The first-order chi connectivity index (χ1) is 16.5. The minimum Gasteiger partial charge on any atom is -0.495 e. The fraction of sp³-hybridized carbons (Fsp3) is 0.100. The zero-order chi connectivity index (χ0) is 25.7. The van der Waals surface area contributed by atoms with Crippen LogP contribution in [-0.4, -0.2) is 34.6 Å². The molecule has 0 radical (unpaired) electrons. The van der Waals surface area contributed by atoms with Crippen molar-refractivity contribution in [1.82, 2.24) is 19.1 Å². The van der Waals surface area contributed by atoms with Gasteiger partial charge in [-0.3, -0.25) is 14.1 Å². The number of aryl methyl sites for hydroxylation is 1. The summed E-state index contributed by atoms with van der Waals surface area (Å²) in [6.45, 7) is 0. The maximum absolute atomic E-state index is 15.5. The maximum atomic E-state index is 15.5. The third-order valence-corrected chi connectivity index (χ3v) is 6.85. The fourth-order valence-corrected chi connectivity index (χ4v) is 5.09. The number of methoxy groups -OCH3 is 1. The second-order valence-electron chi connectivity index (χ2n) is 7.11. The molecule has 2 aromatic heterocycles. The van der Waals surface area contributed by atoms with Crippen molar-refractivity contribution in [3.8, 4) is 11.4 Å². The molecule has 2 aromatic carbocycles. The van der Waals surface area contributed by atoms with E-state index < -0.39 is 44.3 Å². The van der Waals surface area contributed by atoms with E-state index in [2.05, 4.69) is 25.9 Å². The summed E-state index contributed by atoms with van der Waals surface area (Å²) >= 11 is 3.15. The van der Waals surface area contributed by atoms with E-state index in [0.717, 1.165) is 16.8 Å². The molecule has 35 heavy (non-hydrogen) atoms. The van der Waals surface area contributed by atoms with Crippen molar-refractivity contribution in [3.63, 3.8) is 0 Å². The van der Waals surface area contributed by atoms with Crippen molar-refractivity contribution in [2.45, 2.75) is 4.90 Å². The number of hydrogen-bond donors (Lipinski definition) is 2. The van der Waals surface area contributed by atoms with Crippen LogP contribution in [0.25, 0.3) is 16.7 Å². The first-order valence-corrected chi connectivity index (χ1v) is 11.8. The lowest BCUT2D eigenvalue weighted by Crippen LogP contribution is -2.39. The van der Waals surface area contributed by atoms with Gasteiger partial charge in [-0.05, 0) is 30.3 Å². The van der Waals surface area contributed by atoms with Crippen molar-refractivity contribution in [1.29, 1.82) is 0 Å². The van der Waals surface area contributed by atoms with E-state index in [1.54, 1.807) is 0 Å². The molecule has 0 saturated heterocycles. The highest BCUT2D eigenvalue weighted by atomic mass is 79.9. The summed E-state index contributed by atoms with van der Waals surface area (Å²) in [5, 5.41) is -0.245. The van der Waals surface area contributed by atoms with Crippen LogP contribution in [-0.2, 0) is 17.1 Å². The van der Waals surface area contributed by atoms with E-state index in [0.29, 0.717) is 10.5 Å². The molecule has 0 atom stereocenters. The molecule has 0 fully saturated rings. The van der Waals surface area contributed by atoms with Gasteiger partial charge in [0.1, 0.15) is 21.7 Å². The van der Waals surface area contributed by atoms with Gasteiger partial charge >= 0.3 is 5.69 Å². The van der Waals surface area contributed by atoms with E-state index >= 15 is 4.39 Å². The largest absolute Gasteiger partial charge is 0.495 e. The number of rotatable bonds is 5. The highest BCUT2D eigenvalue weighted by Gasteiger charge is 2.26. The number of nitrogen functional groups attached to an aromatic ring is 1. The van der Waals surface area contributed by atoms with Crippen LogP contribution in [0.15, 0.2) is 55.5 Å². The molecule has 0 bridgehead atoms. The predicted octanol–water partition coefficient (Wildman–Crippen LogP) is 1.91. The molecular weight excluding hydrogens is 554 g/mol. The van der Waals surface area contributed by atoms with E-state index in [9.17, 15) is 22.4 Å². The average Bonchev–Trinajstić information content (AvgIpc) is 2.81. The molecule has 0 aliphatic carbocycles. The molecule has 182 valence electrons. The number of nitrogens with one attached hydrogen (secondary N) is 1. The molecule has 0 aliphatic rings. The van der Waals surface area contributed by atoms with Crippen LogP contribution >= 0.6 is 15.9 Å². The Bertz CT molecular complexity index is 1740. The van der Waals surface area contributed by atoms with E-state index in [-0.39, 0.29) is 32.2 Å². The normalized spacial score (nSPS) is 11.6. The number of sulfonamides is 1. The Morgan fingerprint density at radius 2 is 1.89 bits per heavy atom. The van der Waals surface area contributed by atoms with Crippen molar-refractivity contribution in [3.05, 3.63) is 73.5 Å². The Kier molecular flexibility index (Phi) is 6.06. The molecule has 3 N–H and O–H groups in total. The van der Waals surface area contributed by atoms with E-state index in [4.69, 9.17) is 10.5 Å². The summed E-state index contributed by atoms with van der Waals surface area (Å²) < 4.78 is 64.8. The lowest BCUT2D eigenvalue weighted by Gasteiger charge is -2.16. The van der Waals surface area contributed by atoms with E-state index in [1.807, 2.05) is 4.72 Å². The first-order valence-electron chi connectivity index (χ1n) is 9.55. The summed E-state index contributed by atoms with van der Waals surface area (Å²) in [4.78, 5) is 33.0. The van der Waals surface area contributed by atoms with Crippen molar-refractivity contribution in [2.75, 3.05) is 17.6 Å². The molecule has 4 rings (SSSR count). The Labute approximate surface area is 204 Å². The topological polar surface area (TPSA) is 151 Å². The zero-order valence-electron chi connectivity index (χ0n) is 17.9. The molecule has 4 aromatic rings. The van der Waals surface area contributed by atoms with Crippen LogP contribution in [0.2, 0.25) is 0 Å². The Hall–Kier alpha value is -3.85. The Balaban J connectivity index is 1.93. The van der Waals surface area contributed by atoms with Crippen molar-refractivity contribution in [2.24, 2.45) is 7.05 Å². The van der Waals surface area contributed by atoms with Gasteiger partial charge in [-0.2, -0.15) is 4.98 Å².